The van der Waals surface area contributed by atoms with Gasteiger partial charge in [0.15, 0.2) is 0 Å². The molecule has 2 aliphatic heterocycles. The zero-order chi connectivity index (χ0) is 23.1. The summed E-state index contributed by atoms with van der Waals surface area (Å²) >= 11 is 0. The molecule has 6 nitrogen and oxygen atoms in total. The van der Waals surface area contributed by atoms with E-state index in [1.807, 2.05) is 0 Å². The summed E-state index contributed by atoms with van der Waals surface area (Å²) in [6.45, 7) is 3.28. The number of rotatable bonds is 4. The molecule has 2 aromatic rings. The first-order chi connectivity index (χ1) is 15.1. The SMILES string of the molecule is CCC(=O)N1CCc2cc(S(=O)(=O)N3CCN(c4cccc(C(F)(F)F)c4)CC3)ccc21. The molecular formula is C22H24F3N3O3S. The summed E-state index contributed by atoms with van der Waals surface area (Å²) in [5, 5.41) is 0. The summed E-state index contributed by atoms with van der Waals surface area (Å²) in [7, 11) is -3.74. The maximum atomic E-state index is 13.2. The molecule has 0 unspecified atom stereocenters. The molecule has 2 heterocycles. The van der Waals surface area contributed by atoms with Crippen LogP contribution in [0.4, 0.5) is 24.5 Å². The summed E-state index contributed by atoms with van der Waals surface area (Å²) in [5.41, 5.74) is 1.29. The molecule has 1 amide bonds. The number of fused-ring (bicyclic) bond motifs is 1. The van der Waals surface area contributed by atoms with Crippen LogP contribution in [0.2, 0.25) is 0 Å². The van der Waals surface area contributed by atoms with Crippen LogP contribution >= 0.6 is 0 Å². The zero-order valence-electron chi connectivity index (χ0n) is 17.6. The second kappa shape index (κ2) is 8.40. The van der Waals surface area contributed by atoms with Gasteiger partial charge in [0.2, 0.25) is 15.9 Å². The molecule has 1 fully saturated rings. The second-order valence-corrected chi connectivity index (χ2v) is 9.82. The number of anilines is 2. The van der Waals surface area contributed by atoms with Crippen molar-refractivity contribution in [3.63, 3.8) is 0 Å². The molecule has 0 aliphatic carbocycles. The number of carbonyl (C=O) groups is 1. The van der Waals surface area contributed by atoms with Gasteiger partial charge in [0.25, 0.3) is 0 Å². The zero-order valence-corrected chi connectivity index (χ0v) is 18.4. The van der Waals surface area contributed by atoms with Crippen LogP contribution in [-0.2, 0) is 27.4 Å². The number of piperazine rings is 1. The third-order valence-corrected chi connectivity index (χ3v) is 7.86. The van der Waals surface area contributed by atoms with Crippen LogP contribution in [0.3, 0.4) is 0 Å². The lowest BCUT2D eigenvalue weighted by atomic mass is 10.1. The van der Waals surface area contributed by atoms with Crippen LogP contribution < -0.4 is 9.80 Å². The summed E-state index contributed by atoms with van der Waals surface area (Å²) in [4.78, 5) is 15.7. The largest absolute Gasteiger partial charge is 0.416 e. The van der Waals surface area contributed by atoms with Crippen LogP contribution in [-0.4, -0.2) is 51.4 Å². The molecule has 0 spiro atoms. The van der Waals surface area contributed by atoms with Crippen molar-refractivity contribution in [3.8, 4) is 0 Å². The van der Waals surface area contributed by atoms with E-state index in [1.165, 1.54) is 16.4 Å². The van der Waals surface area contributed by atoms with E-state index in [2.05, 4.69) is 0 Å². The predicted octanol–water partition coefficient (Wildman–Crippen LogP) is 3.52. The van der Waals surface area contributed by atoms with Gasteiger partial charge in [0, 0.05) is 50.5 Å². The Morgan fingerprint density at radius 1 is 1.00 bits per heavy atom. The number of amides is 1. The first kappa shape index (κ1) is 22.6. The Hall–Kier alpha value is -2.59. The number of hydrogen-bond acceptors (Lipinski definition) is 4. The maximum absolute atomic E-state index is 13.2. The molecule has 2 aromatic carbocycles. The van der Waals surface area contributed by atoms with Crippen molar-refractivity contribution in [3.05, 3.63) is 53.6 Å². The Balaban J connectivity index is 1.48. The van der Waals surface area contributed by atoms with E-state index < -0.39 is 21.8 Å². The predicted molar refractivity (Wildman–Crippen MR) is 115 cm³/mol. The molecule has 1 saturated heterocycles. The first-order valence-corrected chi connectivity index (χ1v) is 11.9. The van der Waals surface area contributed by atoms with Crippen molar-refractivity contribution < 1.29 is 26.4 Å². The third kappa shape index (κ3) is 4.21. The molecule has 0 radical (unpaired) electrons. The van der Waals surface area contributed by atoms with Crippen LogP contribution in [0.25, 0.3) is 0 Å². The van der Waals surface area contributed by atoms with E-state index >= 15 is 0 Å². The minimum atomic E-state index is -4.42. The highest BCUT2D eigenvalue weighted by atomic mass is 32.2. The fourth-order valence-corrected chi connectivity index (χ4v) is 5.68. The molecule has 32 heavy (non-hydrogen) atoms. The highest BCUT2D eigenvalue weighted by molar-refractivity contribution is 7.89. The van der Waals surface area contributed by atoms with Crippen molar-refractivity contribution in [2.45, 2.75) is 30.8 Å². The third-order valence-electron chi connectivity index (χ3n) is 5.97. The van der Waals surface area contributed by atoms with Crippen molar-refractivity contribution >= 4 is 27.3 Å². The normalized spacial score (nSPS) is 17.5. The standard InChI is InChI=1S/C22H24F3N3O3S/c1-2-21(29)28-9-8-16-14-19(6-7-20(16)28)32(30,31)27-12-10-26(11-13-27)18-5-3-4-17(15-18)22(23,24)25/h3-7,14-15H,2,8-13H2,1H3. The lowest BCUT2D eigenvalue weighted by Crippen LogP contribution is -2.48. The van der Waals surface area contributed by atoms with Gasteiger partial charge in [-0.1, -0.05) is 13.0 Å². The van der Waals surface area contributed by atoms with Crippen molar-refractivity contribution in [1.82, 2.24) is 4.31 Å². The van der Waals surface area contributed by atoms with Gasteiger partial charge < -0.3 is 9.80 Å². The summed E-state index contributed by atoms with van der Waals surface area (Å²) < 4.78 is 66.7. The van der Waals surface area contributed by atoms with E-state index in [0.29, 0.717) is 38.2 Å². The monoisotopic (exact) mass is 467 g/mol. The number of sulfonamides is 1. The quantitative estimate of drug-likeness (QED) is 0.691. The van der Waals surface area contributed by atoms with Crippen LogP contribution in [0.15, 0.2) is 47.4 Å². The van der Waals surface area contributed by atoms with E-state index in [-0.39, 0.29) is 23.9 Å². The van der Waals surface area contributed by atoms with Crippen molar-refractivity contribution in [2.24, 2.45) is 0 Å². The second-order valence-electron chi connectivity index (χ2n) is 7.88. The molecule has 2 aliphatic rings. The Kier molecular flexibility index (Phi) is 5.93. The molecule has 172 valence electrons. The summed E-state index contributed by atoms with van der Waals surface area (Å²) in [6.07, 6.45) is -3.44. The molecule has 0 saturated carbocycles. The van der Waals surface area contributed by atoms with Crippen LogP contribution in [0.5, 0.6) is 0 Å². The average molecular weight is 468 g/mol. The van der Waals surface area contributed by atoms with Crippen LogP contribution in [0, 0.1) is 0 Å². The summed E-state index contributed by atoms with van der Waals surface area (Å²) in [5.74, 6) is 0.00470. The minimum absolute atomic E-state index is 0.00470. The summed E-state index contributed by atoms with van der Waals surface area (Å²) in [6, 6.07) is 9.91. The minimum Gasteiger partial charge on any atom is -0.369 e. The Morgan fingerprint density at radius 3 is 2.38 bits per heavy atom. The van der Waals surface area contributed by atoms with Gasteiger partial charge in [-0.3, -0.25) is 4.79 Å². The molecule has 0 atom stereocenters. The van der Waals surface area contributed by atoms with E-state index in [0.717, 1.165) is 23.4 Å². The Morgan fingerprint density at radius 2 is 1.72 bits per heavy atom. The van der Waals surface area contributed by atoms with Gasteiger partial charge >= 0.3 is 6.18 Å². The van der Waals surface area contributed by atoms with E-state index in [4.69, 9.17) is 0 Å². The van der Waals surface area contributed by atoms with Gasteiger partial charge in [-0.05, 0) is 48.4 Å². The number of nitrogens with zero attached hydrogens (tertiary/aromatic N) is 3. The average Bonchev–Trinajstić information content (AvgIpc) is 3.21. The molecule has 4 rings (SSSR count). The number of carbonyl (C=O) groups excluding carboxylic acids is 1. The number of alkyl halides is 3. The smallest absolute Gasteiger partial charge is 0.369 e. The Labute approximate surface area is 185 Å². The van der Waals surface area contributed by atoms with Gasteiger partial charge in [-0.15, -0.1) is 0 Å². The first-order valence-electron chi connectivity index (χ1n) is 10.5. The van der Waals surface area contributed by atoms with E-state index in [1.54, 1.807) is 34.9 Å². The maximum Gasteiger partial charge on any atom is 0.416 e. The topological polar surface area (TPSA) is 60.9 Å². The number of benzene rings is 2. The van der Waals surface area contributed by atoms with Crippen molar-refractivity contribution in [1.29, 1.82) is 0 Å². The lowest BCUT2D eigenvalue weighted by Gasteiger charge is -2.35. The molecule has 0 aromatic heterocycles. The van der Waals surface area contributed by atoms with Gasteiger partial charge in [-0.2, -0.15) is 17.5 Å². The molecule has 0 bridgehead atoms. The van der Waals surface area contributed by atoms with Gasteiger partial charge in [0.1, 0.15) is 0 Å². The number of hydrogen-bond donors (Lipinski definition) is 0. The van der Waals surface area contributed by atoms with Gasteiger partial charge in [-0.25, -0.2) is 8.42 Å². The lowest BCUT2D eigenvalue weighted by molar-refractivity contribution is -0.137. The van der Waals surface area contributed by atoms with Gasteiger partial charge in [0.05, 0.1) is 10.5 Å². The Bertz CT molecular complexity index is 1130. The van der Waals surface area contributed by atoms with E-state index in [9.17, 15) is 26.4 Å². The highest BCUT2D eigenvalue weighted by Crippen LogP contribution is 2.33. The fraction of sp³-hybridized carbons (Fsp3) is 0.409. The molecule has 10 heteroatoms. The highest BCUT2D eigenvalue weighted by Gasteiger charge is 2.33. The van der Waals surface area contributed by atoms with Crippen LogP contribution in [0.1, 0.15) is 24.5 Å². The fourth-order valence-electron chi connectivity index (χ4n) is 4.20. The molecule has 0 N–H and O–H groups in total. The molecular weight excluding hydrogens is 443 g/mol. The number of halogens is 3. The van der Waals surface area contributed by atoms with Crippen molar-refractivity contribution in [2.75, 3.05) is 42.5 Å².